The quantitative estimate of drug-likeness (QED) is 0.800. The van der Waals surface area contributed by atoms with Gasteiger partial charge in [0.25, 0.3) is 0 Å². The third-order valence-electron chi connectivity index (χ3n) is 3.79. The molecule has 0 aliphatic carbocycles. The van der Waals surface area contributed by atoms with E-state index < -0.39 is 0 Å². The highest BCUT2D eigenvalue weighted by molar-refractivity contribution is 7.97. The Morgan fingerprint density at radius 2 is 1.65 bits per heavy atom. The molecule has 20 heavy (non-hydrogen) atoms. The zero-order chi connectivity index (χ0) is 14.9. The van der Waals surface area contributed by atoms with Gasteiger partial charge in [0.1, 0.15) is 17.3 Å². The fraction of sp³-hybridized carbons (Fsp3) is 0.444. The van der Waals surface area contributed by atoms with E-state index in [-0.39, 0.29) is 16.3 Å². The van der Waals surface area contributed by atoms with Gasteiger partial charge in [0.2, 0.25) is 0 Å². The van der Waals surface area contributed by atoms with Gasteiger partial charge in [0, 0.05) is 21.7 Å². The van der Waals surface area contributed by atoms with E-state index in [4.69, 9.17) is 0 Å². The molecule has 2 aromatic carbocycles. The Balaban J connectivity index is 2.81. The third kappa shape index (κ3) is 2.67. The van der Waals surface area contributed by atoms with Crippen molar-refractivity contribution in [3.05, 3.63) is 35.9 Å². The molecule has 0 heterocycles. The SMILES string of the molecule is CC[S+](CC)c1ccc(C(C)(C)C)c2c(O)cccc12. The first-order valence-corrected chi connectivity index (χ1v) is 8.89. The van der Waals surface area contributed by atoms with E-state index in [9.17, 15) is 5.11 Å². The Morgan fingerprint density at radius 3 is 2.20 bits per heavy atom. The highest BCUT2D eigenvalue weighted by Crippen LogP contribution is 2.38. The lowest BCUT2D eigenvalue weighted by atomic mass is 9.83. The van der Waals surface area contributed by atoms with Crippen LogP contribution in [-0.4, -0.2) is 16.6 Å². The van der Waals surface area contributed by atoms with Crippen LogP contribution in [0.3, 0.4) is 0 Å². The number of phenols is 1. The van der Waals surface area contributed by atoms with Crippen LogP contribution in [0.1, 0.15) is 40.2 Å². The number of hydrogen-bond acceptors (Lipinski definition) is 1. The molecule has 0 atom stereocenters. The summed E-state index contributed by atoms with van der Waals surface area (Å²) < 4.78 is 0. The topological polar surface area (TPSA) is 20.2 Å². The maximum absolute atomic E-state index is 10.4. The molecule has 2 rings (SSSR count). The lowest BCUT2D eigenvalue weighted by Crippen LogP contribution is -2.14. The molecule has 0 aliphatic rings. The molecule has 0 aliphatic heterocycles. The Bertz CT molecular complexity index is 607. The van der Waals surface area contributed by atoms with Crippen molar-refractivity contribution in [2.75, 3.05) is 11.5 Å². The molecule has 2 aromatic rings. The average molecular weight is 289 g/mol. The zero-order valence-corrected chi connectivity index (χ0v) is 14.0. The van der Waals surface area contributed by atoms with Crippen LogP contribution >= 0.6 is 0 Å². The Morgan fingerprint density at radius 1 is 1.00 bits per heavy atom. The van der Waals surface area contributed by atoms with Crippen LogP contribution in [0, 0.1) is 0 Å². The first kappa shape index (κ1) is 15.2. The average Bonchev–Trinajstić information content (AvgIpc) is 2.39. The van der Waals surface area contributed by atoms with Crippen molar-refractivity contribution in [1.82, 2.24) is 0 Å². The van der Waals surface area contributed by atoms with Gasteiger partial charge in [-0.05, 0) is 43.0 Å². The van der Waals surface area contributed by atoms with Gasteiger partial charge in [-0.15, -0.1) is 0 Å². The van der Waals surface area contributed by atoms with E-state index in [1.165, 1.54) is 15.8 Å². The number of aromatic hydroxyl groups is 1. The van der Waals surface area contributed by atoms with Gasteiger partial charge in [0.05, 0.1) is 0 Å². The molecule has 0 amide bonds. The molecule has 0 aromatic heterocycles. The molecule has 0 fully saturated rings. The summed E-state index contributed by atoms with van der Waals surface area (Å²) in [5, 5.41) is 12.6. The molecule has 1 N–H and O–H groups in total. The second kappa shape index (κ2) is 5.69. The van der Waals surface area contributed by atoms with Gasteiger partial charge in [-0.2, -0.15) is 0 Å². The van der Waals surface area contributed by atoms with Gasteiger partial charge >= 0.3 is 0 Å². The van der Waals surface area contributed by atoms with Gasteiger partial charge in [-0.25, -0.2) is 0 Å². The highest BCUT2D eigenvalue weighted by Gasteiger charge is 2.25. The number of hydrogen-bond donors (Lipinski definition) is 1. The van der Waals surface area contributed by atoms with E-state index in [0.717, 1.165) is 16.9 Å². The lowest BCUT2D eigenvalue weighted by Gasteiger charge is -2.22. The van der Waals surface area contributed by atoms with Crippen LogP contribution in [0.25, 0.3) is 10.8 Å². The Kier molecular flexibility index (Phi) is 4.33. The molecule has 0 unspecified atom stereocenters. The fourth-order valence-corrected chi connectivity index (χ4v) is 4.52. The normalized spacial score (nSPS) is 12.3. The van der Waals surface area contributed by atoms with Crippen molar-refractivity contribution in [2.45, 2.75) is 44.9 Å². The van der Waals surface area contributed by atoms with Gasteiger partial charge in [-0.3, -0.25) is 0 Å². The van der Waals surface area contributed by atoms with E-state index >= 15 is 0 Å². The molecular weight excluding hydrogens is 264 g/mol. The first-order valence-electron chi connectivity index (χ1n) is 7.32. The van der Waals surface area contributed by atoms with E-state index in [1.54, 1.807) is 6.07 Å². The minimum atomic E-state index is 0.0344. The van der Waals surface area contributed by atoms with Crippen molar-refractivity contribution < 1.29 is 5.11 Å². The van der Waals surface area contributed by atoms with Crippen molar-refractivity contribution >= 4 is 21.7 Å². The van der Waals surface area contributed by atoms with E-state index in [0.29, 0.717) is 5.75 Å². The summed E-state index contributed by atoms with van der Waals surface area (Å²) in [5.74, 6) is 2.73. The number of fused-ring (bicyclic) bond motifs is 1. The predicted octanol–water partition coefficient (Wildman–Crippen LogP) is 4.86. The lowest BCUT2D eigenvalue weighted by molar-refractivity contribution is 0.479. The molecule has 0 saturated heterocycles. The van der Waals surface area contributed by atoms with Gasteiger partial charge in [0.15, 0.2) is 4.90 Å². The Hall–Kier alpha value is -1.15. The minimum absolute atomic E-state index is 0.0344. The summed E-state index contributed by atoms with van der Waals surface area (Å²) in [6.45, 7) is 11.1. The largest absolute Gasteiger partial charge is 0.507 e. The standard InChI is InChI=1S/C18H24OS/c1-6-20(7-2)16-12-11-14(18(3,4)5)17-13(16)9-8-10-15(17)19/h8-12H,6-7H2,1-5H3/p+1. The summed E-state index contributed by atoms with van der Waals surface area (Å²) in [6, 6.07) is 10.4. The van der Waals surface area contributed by atoms with Crippen LogP contribution < -0.4 is 0 Å². The van der Waals surface area contributed by atoms with E-state index in [1.807, 2.05) is 6.07 Å². The summed E-state index contributed by atoms with van der Waals surface area (Å²) >= 11 is 0. The van der Waals surface area contributed by atoms with Crippen molar-refractivity contribution in [1.29, 1.82) is 0 Å². The van der Waals surface area contributed by atoms with E-state index in [2.05, 4.69) is 52.8 Å². The van der Waals surface area contributed by atoms with Crippen LogP contribution in [0.2, 0.25) is 0 Å². The second-order valence-electron chi connectivity index (χ2n) is 6.13. The minimum Gasteiger partial charge on any atom is -0.507 e. The van der Waals surface area contributed by atoms with Crippen molar-refractivity contribution in [3.8, 4) is 5.75 Å². The summed E-state index contributed by atoms with van der Waals surface area (Å²) in [7, 11) is 0.269. The highest BCUT2D eigenvalue weighted by atomic mass is 32.2. The van der Waals surface area contributed by atoms with Crippen LogP contribution in [0.4, 0.5) is 0 Å². The van der Waals surface area contributed by atoms with Crippen molar-refractivity contribution in [3.63, 3.8) is 0 Å². The monoisotopic (exact) mass is 289 g/mol. The smallest absolute Gasteiger partial charge is 0.162 e. The molecule has 1 nitrogen and oxygen atoms in total. The Labute approximate surface area is 125 Å². The first-order chi connectivity index (χ1) is 9.40. The molecule has 2 heteroatoms. The predicted molar refractivity (Wildman–Crippen MR) is 91.0 cm³/mol. The molecule has 0 radical (unpaired) electrons. The molecular formula is C18H25OS+. The fourth-order valence-electron chi connectivity index (χ4n) is 2.75. The maximum Gasteiger partial charge on any atom is 0.162 e. The van der Waals surface area contributed by atoms with Gasteiger partial charge in [-0.1, -0.05) is 32.9 Å². The summed E-state index contributed by atoms with van der Waals surface area (Å²) in [5.41, 5.74) is 1.26. The second-order valence-corrected chi connectivity index (χ2v) is 8.71. The van der Waals surface area contributed by atoms with Crippen LogP contribution in [-0.2, 0) is 16.3 Å². The van der Waals surface area contributed by atoms with Crippen LogP contribution in [0.5, 0.6) is 5.75 Å². The number of phenolic OH excluding ortho intramolecular Hbond substituents is 1. The van der Waals surface area contributed by atoms with Gasteiger partial charge < -0.3 is 5.11 Å². The maximum atomic E-state index is 10.4. The van der Waals surface area contributed by atoms with Crippen LogP contribution in [0.15, 0.2) is 35.2 Å². The molecule has 108 valence electrons. The summed E-state index contributed by atoms with van der Waals surface area (Å²) in [4.78, 5) is 1.40. The van der Waals surface area contributed by atoms with Crippen molar-refractivity contribution in [2.24, 2.45) is 0 Å². The number of rotatable bonds is 3. The molecule has 0 bridgehead atoms. The molecule has 0 spiro atoms. The number of benzene rings is 2. The summed E-state index contributed by atoms with van der Waals surface area (Å²) in [6.07, 6.45) is 0. The zero-order valence-electron chi connectivity index (χ0n) is 13.2. The third-order valence-corrected chi connectivity index (χ3v) is 6.17. The molecule has 0 saturated carbocycles.